The first-order valence-electron chi connectivity index (χ1n) is 4.46. The van der Waals surface area contributed by atoms with Gasteiger partial charge < -0.3 is 4.52 Å². The van der Waals surface area contributed by atoms with Crippen molar-refractivity contribution in [3.8, 4) is 0 Å². The lowest BCUT2D eigenvalue weighted by molar-refractivity contribution is 0.363. The third kappa shape index (κ3) is 1.13. The van der Waals surface area contributed by atoms with Crippen molar-refractivity contribution in [2.75, 3.05) is 0 Å². The molecular weight excluding hydrogens is 152 g/mol. The normalized spacial score (nSPS) is 25.8. The molecule has 1 atom stereocenters. The van der Waals surface area contributed by atoms with Gasteiger partial charge in [0.1, 0.15) is 0 Å². The van der Waals surface area contributed by atoms with Crippen LogP contribution in [0.3, 0.4) is 0 Å². The maximum absolute atomic E-state index is 5.15. The molecule has 1 unspecified atom stereocenters. The van der Waals surface area contributed by atoms with Gasteiger partial charge in [-0.15, -0.1) is 0 Å². The highest BCUT2D eigenvalue weighted by Gasteiger charge is 2.50. The largest absolute Gasteiger partial charge is 0.339 e. The second kappa shape index (κ2) is 2.31. The quantitative estimate of drug-likeness (QED) is 0.675. The summed E-state index contributed by atoms with van der Waals surface area (Å²) in [6.45, 7) is 6.49. The van der Waals surface area contributed by atoms with Crippen LogP contribution in [0.1, 0.15) is 44.8 Å². The molecule has 3 nitrogen and oxygen atoms in total. The van der Waals surface area contributed by atoms with Crippen LogP contribution in [0.5, 0.6) is 0 Å². The van der Waals surface area contributed by atoms with Crippen molar-refractivity contribution in [2.45, 2.75) is 39.5 Å². The Morgan fingerprint density at radius 3 is 2.67 bits per heavy atom. The van der Waals surface area contributed by atoms with Crippen LogP contribution in [0.15, 0.2) is 4.52 Å². The van der Waals surface area contributed by atoms with E-state index in [1.165, 1.54) is 6.42 Å². The van der Waals surface area contributed by atoms with E-state index in [1.54, 1.807) is 0 Å². The minimum Gasteiger partial charge on any atom is -0.339 e. The molecular formula is C9H14N2O. The molecule has 2 rings (SSSR count). The van der Waals surface area contributed by atoms with Crippen LogP contribution in [0, 0.1) is 5.41 Å². The number of hydrogen-bond donors (Lipinski definition) is 0. The maximum Gasteiger partial charge on any atom is 0.230 e. The zero-order chi connectivity index (χ0) is 8.77. The van der Waals surface area contributed by atoms with Crippen molar-refractivity contribution in [1.29, 1.82) is 0 Å². The first-order valence-corrected chi connectivity index (χ1v) is 4.46. The average molecular weight is 166 g/mol. The Hall–Kier alpha value is -0.860. The fraction of sp³-hybridized carbons (Fsp3) is 0.778. The summed E-state index contributed by atoms with van der Waals surface area (Å²) >= 11 is 0. The van der Waals surface area contributed by atoms with E-state index < -0.39 is 0 Å². The van der Waals surface area contributed by atoms with Crippen molar-refractivity contribution in [1.82, 2.24) is 10.1 Å². The Bertz CT molecular complexity index is 290. The maximum atomic E-state index is 5.15. The molecule has 1 aromatic heterocycles. The monoisotopic (exact) mass is 166 g/mol. The van der Waals surface area contributed by atoms with Crippen molar-refractivity contribution >= 4 is 0 Å². The smallest absolute Gasteiger partial charge is 0.230 e. The predicted octanol–water partition coefficient (Wildman–Crippen LogP) is 2.15. The van der Waals surface area contributed by atoms with Crippen LogP contribution >= 0.6 is 0 Å². The van der Waals surface area contributed by atoms with E-state index in [4.69, 9.17) is 4.52 Å². The van der Waals surface area contributed by atoms with Gasteiger partial charge in [-0.05, 0) is 11.8 Å². The number of aromatic nitrogens is 2. The topological polar surface area (TPSA) is 38.9 Å². The number of aryl methyl sites for hydroxylation is 1. The second-order valence-electron chi connectivity index (χ2n) is 4.15. The zero-order valence-corrected chi connectivity index (χ0v) is 7.79. The molecule has 1 aliphatic rings. The van der Waals surface area contributed by atoms with Gasteiger partial charge in [0, 0.05) is 12.3 Å². The van der Waals surface area contributed by atoms with Crippen molar-refractivity contribution in [2.24, 2.45) is 5.41 Å². The van der Waals surface area contributed by atoms with Crippen LogP contribution in [0.4, 0.5) is 0 Å². The molecule has 1 fully saturated rings. The standard InChI is InChI=1S/C9H14N2O/c1-4-7-10-8(12-11-7)6-5-9(6,2)3/h6H,4-5H2,1-3H3. The minimum absolute atomic E-state index is 0.386. The number of hydrogen-bond acceptors (Lipinski definition) is 3. The van der Waals surface area contributed by atoms with E-state index in [0.29, 0.717) is 11.3 Å². The highest BCUT2D eigenvalue weighted by Crippen LogP contribution is 2.57. The van der Waals surface area contributed by atoms with Crippen molar-refractivity contribution in [3.63, 3.8) is 0 Å². The van der Waals surface area contributed by atoms with Gasteiger partial charge >= 0.3 is 0 Å². The lowest BCUT2D eigenvalue weighted by Crippen LogP contribution is -1.90. The minimum atomic E-state index is 0.386. The van der Waals surface area contributed by atoms with E-state index in [0.717, 1.165) is 18.1 Å². The van der Waals surface area contributed by atoms with Crippen LogP contribution < -0.4 is 0 Å². The van der Waals surface area contributed by atoms with Crippen LogP contribution in [0.2, 0.25) is 0 Å². The summed E-state index contributed by atoms with van der Waals surface area (Å²) < 4.78 is 5.15. The van der Waals surface area contributed by atoms with E-state index in [2.05, 4.69) is 24.0 Å². The molecule has 3 heteroatoms. The first-order chi connectivity index (χ1) is 5.63. The Labute approximate surface area is 72.2 Å². The molecule has 0 radical (unpaired) electrons. The lowest BCUT2D eigenvalue weighted by atomic mass is 10.1. The summed E-state index contributed by atoms with van der Waals surface area (Å²) in [5.41, 5.74) is 0.386. The van der Waals surface area contributed by atoms with Crippen LogP contribution in [-0.2, 0) is 6.42 Å². The molecule has 0 amide bonds. The van der Waals surface area contributed by atoms with Gasteiger partial charge in [0.25, 0.3) is 0 Å². The summed E-state index contributed by atoms with van der Waals surface area (Å²) in [6, 6.07) is 0. The summed E-state index contributed by atoms with van der Waals surface area (Å²) in [6.07, 6.45) is 2.04. The van der Waals surface area contributed by atoms with Crippen LogP contribution in [0.25, 0.3) is 0 Å². The molecule has 0 saturated heterocycles. The zero-order valence-electron chi connectivity index (χ0n) is 7.79. The van der Waals surface area contributed by atoms with Gasteiger partial charge in [0.05, 0.1) is 0 Å². The fourth-order valence-electron chi connectivity index (χ4n) is 1.44. The molecule has 0 N–H and O–H groups in total. The van der Waals surface area contributed by atoms with E-state index in [-0.39, 0.29) is 0 Å². The van der Waals surface area contributed by atoms with Crippen LogP contribution in [-0.4, -0.2) is 10.1 Å². The molecule has 0 bridgehead atoms. The molecule has 1 saturated carbocycles. The first kappa shape index (κ1) is 7.77. The summed E-state index contributed by atoms with van der Waals surface area (Å²) in [5, 5.41) is 3.88. The molecule has 66 valence electrons. The Balaban J connectivity index is 2.15. The summed E-state index contributed by atoms with van der Waals surface area (Å²) in [5.74, 6) is 2.16. The second-order valence-corrected chi connectivity index (χ2v) is 4.15. The molecule has 12 heavy (non-hydrogen) atoms. The molecule has 0 spiro atoms. The third-order valence-corrected chi connectivity index (χ3v) is 2.61. The van der Waals surface area contributed by atoms with Gasteiger partial charge in [-0.25, -0.2) is 0 Å². The van der Waals surface area contributed by atoms with E-state index in [1.807, 2.05) is 6.92 Å². The summed E-state index contributed by atoms with van der Waals surface area (Å²) in [4.78, 5) is 4.31. The Morgan fingerprint density at radius 2 is 2.25 bits per heavy atom. The lowest BCUT2D eigenvalue weighted by Gasteiger charge is -1.95. The van der Waals surface area contributed by atoms with Gasteiger partial charge in [0.15, 0.2) is 5.82 Å². The predicted molar refractivity (Wildman–Crippen MR) is 44.8 cm³/mol. The van der Waals surface area contributed by atoms with Crippen molar-refractivity contribution < 1.29 is 4.52 Å². The van der Waals surface area contributed by atoms with Gasteiger partial charge in [-0.3, -0.25) is 0 Å². The highest BCUT2D eigenvalue weighted by molar-refractivity contribution is 5.12. The van der Waals surface area contributed by atoms with E-state index in [9.17, 15) is 0 Å². The Morgan fingerprint density at radius 1 is 1.58 bits per heavy atom. The van der Waals surface area contributed by atoms with Crippen molar-refractivity contribution in [3.05, 3.63) is 11.7 Å². The molecule has 0 aliphatic heterocycles. The number of nitrogens with zero attached hydrogens (tertiary/aromatic N) is 2. The SMILES string of the molecule is CCc1noc(C2CC2(C)C)n1. The molecule has 1 heterocycles. The Kier molecular flexibility index (Phi) is 1.50. The summed E-state index contributed by atoms with van der Waals surface area (Å²) in [7, 11) is 0. The fourth-order valence-corrected chi connectivity index (χ4v) is 1.44. The average Bonchev–Trinajstić information content (AvgIpc) is 2.52. The molecule has 1 aromatic rings. The number of rotatable bonds is 2. The molecule has 1 aliphatic carbocycles. The van der Waals surface area contributed by atoms with Gasteiger partial charge in [-0.1, -0.05) is 25.9 Å². The highest BCUT2D eigenvalue weighted by atomic mass is 16.5. The van der Waals surface area contributed by atoms with Gasteiger partial charge in [0.2, 0.25) is 5.89 Å². The molecule has 0 aromatic carbocycles. The van der Waals surface area contributed by atoms with Gasteiger partial charge in [-0.2, -0.15) is 4.98 Å². The van der Waals surface area contributed by atoms with E-state index >= 15 is 0 Å². The third-order valence-electron chi connectivity index (χ3n) is 2.61.